The molecule has 2 aromatic rings. The average Bonchev–Trinajstić information content (AvgIpc) is 2.92. The number of carbonyl (C=O) groups excluding carboxylic acids is 3. The van der Waals surface area contributed by atoms with E-state index in [0.29, 0.717) is 25.9 Å². The molecule has 0 radical (unpaired) electrons. The van der Waals surface area contributed by atoms with Crippen molar-refractivity contribution in [2.24, 2.45) is 17.6 Å². The molecular formula is C29H36N4O3. The molecule has 2 fully saturated rings. The lowest BCUT2D eigenvalue weighted by Gasteiger charge is -2.30. The van der Waals surface area contributed by atoms with Crippen molar-refractivity contribution in [1.29, 1.82) is 0 Å². The molecule has 3 amide bonds. The van der Waals surface area contributed by atoms with Crippen molar-refractivity contribution in [1.82, 2.24) is 9.80 Å². The van der Waals surface area contributed by atoms with Crippen LogP contribution in [0, 0.1) is 11.8 Å². The topological polar surface area (TPSA) is 95.7 Å². The van der Waals surface area contributed by atoms with E-state index in [1.54, 1.807) is 6.08 Å². The molecule has 2 aromatic carbocycles. The van der Waals surface area contributed by atoms with Crippen molar-refractivity contribution < 1.29 is 14.4 Å². The van der Waals surface area contributed by atoms with Crippen LogP contribution in [-0.4, -0.2) is 60.2 Å². The summed E-state index contributed by atoms with van der Waals surface area (Å²) in [6.07, 6.45) is 7.40. The highest BCUT2D eigenvalue weighted by atomic mass is 16.2. The van der Waals surface area contributed by atoms with Gasteiger partial charge in [-0.25, -0.2) is 0 Å². The number of rotatable bonds is 8. The Kier molecular flexibility index (Phi) is 8.90. The summed E-state index contributed by atoms with van der Waals surface area (Å²) in [7, 11) is 0. The van der Waals surface area contributed by atoms with Crippen LogP contribution in [0.5, 0.6) is 0 Å². The van der Waals surface area contributed by atoms with Crippen molar-refractivity contribution in [2.45, 2.75) is 32.1 Å². The molecule has 0 atom stereocenters. The third kappa shape index (κ3) is 7.28. The average molecular weight is 489 g/mol. The molecule has 7 nitrogen and oxygen atoms in total. The molecule has 190 valence electrons. The standard InChI is InChI=1S/C29H36N4O3/c30-28(35)24-13-18-32(19-14-24)17-12-23-6-9-26(10-7-23)31-29(36)25-15-20-33(21-16-25)27(34)11-8-22-4-2-1-3-5-22/h1-11,24-25H,12-21H2,(H2,30,35)(H,31,36)/b11-8+. The largest absolute Gasteiger partial charge is 0.369 e. The first-order valence-electron chi connectivity index (χ1n) is 12.9. The van der Waals surface area contributed by atoms with Crippen LogP contribution in [0.15, 0.2) is 60.7 Å². The zero-order valence-corrected chi connectivity index (χ0v) is 20.8. The van der Waals surface area contributed by atoms with Gasteiger partial charge in [-0.1, -0.05) is 42.5 Å². The fourth-order valence-electron chi connectivity index (χ4n) is 4.93. The molecule has 2 aliphatic heterocycles. The number of nitrogens with one attached hydrogen (secondary N) is 1. The van der Waals surface area contributed by atoms with Crippen LogP contribution in [0.1, 0.15) is 36.8 Å². The fourth-order valence-corrected chi connectivity index (χ4v) is 4.93. The highest BCUT2D eigenvalue weighted by Gasteiger charge is 2.27. The van der Waals surface area contributed by atoms with Gasteiger partial charge in [0.15, 0.2) is 0 Å². The molecule has 0 aliphatic carbocycles. The number of benzene rings is 2. The molecule has 2 saturated heterocycles. The van der Waals surface area contributed by atoms with E-state index in [-0.39, 0.29) is 29.6 Å². The number of nitrogens with two attached hydrogens (primary N) is 1. The minimum Gasteiger partial charge on any atom is -0.369 e. The summed E-state index contributed by atoms with van der Waals surface area (Å²) < 4.78 is 0. The summed E-state index contributed by atoms with van der Waals surface area (Å²) in [4.78, 5) is 40.8. The maximum absolute atomic E-state index is 12.8. The highest BCUT2D eigenvalue weighted by molar-refractivity contribution is 5.94. The van der Waals surface area contributed by atoms with Crippen molar-refractivity contribution in [2.75, 3.05) is 38.0 Å². The summed E-state index contributed by atoms with van der Waals surface area (Å²) in [5.41, 5.74) is 8.44. The number of hydrogen-bond acceptors (Lipinski definition) is 4. The quantitative estimate of drug-likeness (QED) is 0.557. The van der Waals surface area contributed by atoms with Gasteiger partial charge in [-0.3, -0.25) is 14.4 Å². The van der Waals surface area contributed by atoms with Crippen LogP contribution in [0.2, 0.25) is 0 Å². The molecule has 0 unspecified atom stereocenters. The van der Waals surface area contributed by atoms with Gasteiger partial charge in [0.1, 0.15) is 0 Å². The van der Waals surface area contributed by atoms with Gasteiger partial charge in [0, 0.05) is 43.2 Å². The van der Waals surface area contributed by atoms with Crippen molar-refractivity contribution >= 4 is 29.5 Å². The Bertz CT molecular complexity index is 1050. The minimum absolute atomic E-state index is 0.00876. The van der Waals surface area contributed by atoms with Gasteiger partial charge in [-0.05, 0) is 74.5 Å². The lowest BCUT2D eigenvalue weighted by atomic mass is 9.95. The van der Waals surface area contributed by atoms with Crippen LogP contribution in [0.25, 0.3) is 6.08 Å². The molecule has 2 aliphatic rings. The van der Waals surface area contributed by atoms with Gasteiger partial charge in [-0.2, -0.15) is 0 Å². The first kappa shape index (κ1) is 25.6. The Morgan fingerprint density at radius 2 is 1.50 bits per heavy atom. The zero-order chi connectivity index (χ0) is 25.3. The zero-order valence-electron chi connectivity index (χ0n) is 20.8. The van der Waals surface area contributed by atoms with Crippen LogP contribution >= 0.6 is 0 Å². The Morgan fingerprint density at radius 1 is 0.861 bits per heavy atom. The van der Waals surface area contributed by atoms with Crippen LogP contribution in [-0.2, 0) is 20.8 Å². The summed E-state index contributed by atoms with van der Waals surface area (Å²) in [6.45, 7) is 3.96. The van der Waals surface area contributed by atoms with E-state index in [1.807, 2.05) is 53.4 Å². The number of likely N-dealkylation sites (tertiary alicyclic amines) is 2. The lowest BCUT2D eigenvalue weighted by Crippen LogP contribution is -2.40. The van der Waals surface area contributed by atoms with E-state index in [2.05, 4.69) is 22.3 Å². The second-order valence-electron chi connectivity index (χ2n) is 9.80. The predicted octanol–water partition coefficient (Wildman–Crippen LogP) is 3.32. The second-order valence-corrected chi connectivity index (χ2v) is 9.80. The normalized spacial score (nSPS) is 17.8. The van der Waals surface area contributed by atoms with E-state index >= 15 is 0 Å². The number of carbonyl (C=O) groups is 3. The van der Waals surface area contributed by atoms with E-state index < -0.39 is 0 Å². The molecule has 2 heterocycles. The number of nitrogens with zero attached hydrogens (tertiary/aromatic N) is 2. The lowest BCUT2D eigenvalue weighted by molar-refractivity contribution is -0.130. The third-order valence-electron chi connectivity index (χ3n) is 7.32. The molecule has 0 aromatic heterocycles. The van der Waals surface area contributed by atoms with Gasteiger partial charge < -0.3 is 20.9 Å². The maximum Gasteiger partial charge on any atom is 0.246 e. The SMILES string of the molecule is NC(=O)C1CCN(CCc2ccc(NC(=O)C3CCN(C(=O)/C=C/c4ccccc4)CC3)cc2)CC1. The van der Waals surface area contributed by atoms with E-state index in [4.69, 9.17) is 5.73 Å². The predicted molar refractivity (Wildman–Crippen MR) is 142 cm³/mol. The van der Waals surface area contributed by atoms with E-state index in [1.165, 1.54) is 5.56 Å². The second kappa shape index (κ2) is 12.5. The van der Waals surface area contributed by atoms with Gasteiger partial charge in [0.2, 0.25) is 17.7 Å². The molecule has 0 saturated carbocycles. The van der Waals surface area contributed by atoms with Crippen molar-refractivity contribution in [3.8, 4) is 0 Å². The molecule has 36 heavy (non-hydrogen) atoms. The van der Waals surface area contributed by atoms with E-state index in [0.717, 1.165) is 50.1 Å². The van der Waals surface area contributed by atoms with Crippen LogP contribution < -0.4 is 11.1 Å². The monoisotopic (exact) mass is 488 g/mol. The minimum atomic E-state index is -0.178. The van der Waals surface area contributed by atoms with Gasteiger partial charge in [-0.15, -0.1) is 0 Å². The molecule has 0 bridgehead atoms. The number of primary amides is 1. The molecule has 7 heteroatoms. The Hall–Kier alpha value is -3.45. The van der Waals surface area contributed by atoms with Gasteiger partial charge in [0.25, 0.3) is 0 Å². The van der Waals surface area contributed by atoms with Crippen molar-refractivity contribution in [3.05, 3.63) is 71.8 Å². The van der Waals surface area contributed by atoms with Crippen LogP contribution in [0.4, 0.5) is 5.69 Å². The fraction of sp³-hybridized carbons (Fsp3) is 0.414. The Labute approximate surface area is 213 Å². The van der Waals surface area contributed by atoms with Crippen LogP contribution in [0.3, 0.4) is 0 Å². The molecular weight excluding hydrogens is 452 g/mol. The van der Waals surface area contributed by atoms with Gasteiger partial charge >= 0.3 is 0 Å². The summed E-state index contributed by atoms with van der Waals surface area (Å²) in [6, 6.07) is 17.8. The van der Waals surface area contributed by atoms with Gasteiger partial charge in [0.05, 0.1) is 0 Å². The number of anilines is 1. The smallest absolute Gasteiger partial charge is 0.246 e. The number of piperidine rings is 2. The van der Waals surface area contributed by atoms with Crippen molar-refractivity contribution in [3.63, 3.8) is 0 Å². The number of hydrogen-bond donors (Lipinski definition) is 2. The Morgan fingerprint density at radius 3 is 2.14 bits per heavy atom. The summed E-state index contributed by atoms with van der Waals surface area (Å²) >= 11 is 0. The van der Waals surface area contributed by atoms with E-state index in [9.17, 15) is 14.4 Å². The Balaban J connectivity index is 1.17. The molecule has 3 N–H and O–H groups in total. The first-order chi connectivity index (χ1) is 17.5. The highest BCUT2D eigenvalue weighted by Crippen LogP contribution is 2.21. The summed E-state index contributed by atoms with van der Waals surface area (Å²) in [5, 5.41) is 3.04. The molecule has 0 spiro atoms. The number of amides is 3. The molecule has 4 rings (SSSR count). The summed E-state index contributed by atoms with van der Waals surface area (Å²) in [5.74, 6) is -0.233. The maximum atomic E-state index is 12.8. The first-order valence-corrected chi connectivity index (χ1v) is 12.9. The third-order valence-corrected chi connectivity index (χ3v) is 7.32.